The van der Waals surface area contributed by atoms with Crippen LogP contribution in [-0.2, 0) is 11.3 Å². The number of fused-ring (bicyclic) bond motifs is 1. The fraction of sp³-hybridized carbons (Fsp3) is 0.174. The number of rotatable bonds is 7. The molecule has 32 heavy (non-hydrogen) atoms. The highest BCUT2D eigenvalue weighted by Crippen LogP contribution is 2.26. The summed E-state index contributed by atoms with van der Waals surface area (Å²) in [5.74, 6) is 0.984. The Balaban J connectivity index is 1.62. The Bertz CT molecular complexity index is 1340. The van der Waals surface area contributed by atoms with E-state index in [2.05, 4.69) is 10.3 Å². The molecule has 0 saturated heterocycles. The van der Waals surface area contributed by atoms with Gasteiger partial charge in [-0.3, -0.25) is 14.2 Å². The predicted molar refractivity (Wildman–Crippen MR) is 126 cm³/mol. The van der Waals surface area contributed by atoms with Crippen LogP contribution in [0.25, 0.3) is 10.9 Å². The highest BCUT2D eigenvalue weighted by Gasteiger charge is 2.16. The van der Waals surface area contributed by atoms with E-state index in [9.17, 15) is 9.59 Å². The number of ether oxygens (including phenoxy) is 1. The zero-order valence-electron chi connectivity index (χ0n) is 17.4. The van der Waals surface area contributed by atoms with Gasteiger partial charge in [0.05, 0.1) is 42.3 Å². The molecule has 0 aliphatic carbocycles. The quantitative estimate of drug-likeness (QED) is 0.311. The Labute approximate surface area is 193 Å². The number of hydrogen-bond donors (Lipinski definition) is 1. The van der Waals surface area contributed by atoms with Crippen molar-refractivity contribution < 1.29 is 13.9 Å². The van der Waals surface area contributed by atoms with Crippen LogP contribution in [0.3, 0.4) is 0 Å². The Kier molecular flexibility index (Phi) is 6.53. The first kappa shape index (κ1) is 22.0. The monoisotopic (exact) mass is 469 g/mol. The number of nitrogens with zero attached hydrogens (tertiary/aromatic N) is 2. The minimum atomic E-state index is -0.246. The standard InChI is InChI=1S/C23H20ClN3O4S/c1-14-5-8-20(30-2)19(10-14)25-21(28)13-32-23-26-18-11-15(24)6-7-17(18)22(29)27(23)12-16-4-3-9-31-16/h3-11H,12-13H2,1-2H3,(H,25,28). The smallest absolute Gasteiger partial charge is 0.262 e. The number of halogens is 1. The van der Waals surface area contributed by atoms with Crippen LogP contribution < -0.4 is 15.6 Å². The van der Waals surface area contributed by atoms with E-state index < -0.39 is 0 Å². The van der Waals surface area contributed by atoms with Crippen LogP contribution in [0.4, 0.5) is 5.69 Å². The van der Waals surface area contributed by atoms with Gasteiger partial charge < -0.3 is 14.5 Å². The van der Waals surface area contributed by atoms with Crippen LogP contribution in [0.5, 0.6) is 5.75 Å². The lowest BCUT2D eigenvalue weighted by Gasteiger charge is -2.13. The minimum absolute atomic E-state index is 0.0494. The number of hydrogen-bond acceptors (Lipinski definition) is 6. The van der Waals surface area contributed by atoms with Gasteiger partial charge in [0.2, 0.25) is 5.91 Å². The summed E-state index contributed by atoms with van der Waals surface area (Å²) in [5, 5.41) is 4.18. The fourth-order valence-corrected chi connectivity index (χ4v) is 4.18. The minimum Gasteiger partial charge on any atom is -0.495 e. The van der Waals surface area contributed by atoms with Crippen LogP contribution in [0.1, 0.15) is 11.3 Å². The maximum absolute atomic E-state index is 13.2. The Hall–Kier alpha value is -3.23. The Morgan fingerprint density at radius 2 is 2.09 bits per heavy atom. The maximum atomic E-state index is 13.2. The molecular formula is C23H20ClN3O4S. The van der Waals surface area contributed by atoms with Crippen molar-refractivity contribution in [2.24, 2.45) is 0 Å². The van der Waals surface area contributed by atoms with Gasteiger partial charge in [-0.2, -0.15) is 0 Å². The molecule has 2 aromatic heterocycles. The number of thioether (sulfide) groups is 1. The molecule has 0 unspecified atom stereocenters. The van der Waals surface area contributed by atoms with Gasteiger partial charge in [0, 0.05) is 5.02 Å². The highest BCUT2D eigenvalue weighted by molar-refractivity contribution is 7.99. The molecule has 0 aliphatic rings. The molecule has 1 N–H and O–H groups in total. The van der Waals surface area contributed by atoms with Gasteiger partial charge in [-0.05, 0) is 55.0 Å². The van der Waals surface area contributed by atoms with E-state index in [0.29, 0.717) is 38.3 Å². The number of methoxy groups -OCH3 is 1. The lowest BCUT2D eigenvalue weighted by atomic mass is 10.2. The predicted octanol–water partition coefficient (Wildman–Crippen LogP) is 4.74. The molecule has 0 aliphatic heterocycles. The second-order valence-corrected chi connectivity index (χ2v) is 8.45. The SMILES string of the molecule is COc1ccc(C)cc1NC(=O)CSc1nc2cc(Cl)ccc2c(=O)n1Cc1ccco1. The zero-order valence-corrected chi connectivity index (χ0v) is 19.0. The summed E-state index contributed by atoms with van der Waals surface area (Å²) in [6.07, 6.45) is 1.55. The molecule has 0 atom stereocenters. The molecule has 0 spiro atoms. The van der Waals surface area contributed by atoms with Crippen molar-refractivity contribution in [3.63, 3.8) is 0 Å². The summed E-state index contributed by atoms with van der Waals surface area (Å²) >= 11 is 7.25. The number of amides is 1. The van der Waals surface area contributed by atoms with E-state index in [4.69, 9.17) is 20.8 Å². The summed E-state index contributed by atoms with van der Waals surface area (Å²) < 4.78 is 12.2. The third kappa shape index (κ3) is 4.81. The van der Waals surface area contributed by atoms with Gasteiger partial charge in [0.25, 0.3) is 5.56 Å². The van der Waals surface area contributed by atoms with Crippen molar-refractivity contribution in [2.75, 3.05) is 18.2 Å². The summed E-state index contributed by atoms with van der Waals surface area (Å²) in [6, 6.07) is 14.0. The molecular weight excluding hydrogens is 450 g/mol. The van der Waals surface area contributed by atoms with Crippen molar-refractivity contribution in [2.45, 2.75) is 18.6 Å². The molecule has 1 amide bonds. The molecule has 9 heteroatoms. The van der Waals surface area contributed by atoms with Crippen LogP contribution in [0.2, 0.25) is 5.02 Å². The number of nitrogens with one attached hydrogen (secondary N) is 1. The Morgan fingerprint density at radius 3 is 2.84 bits per heavy atom. The molecule has 2 heterocycles. The van der Waals surface area contributed by atoms with Crippen molar-refractivity contribution in [3.8, 4) is 5.75 Å². The highest BCUT2D eigenvalue weighted by atomic mass is 35.5. The van der Waals surface area contributed by atoms with Gasteiger partial charge in [0.15, 0.2) is 5.16 Å². The number of aromatic nitrogens is 2. The molecule has 0 saturated carbocycles. The van der Waals surface area contributed by atoms with Crippen LogP contribution in [-0.4, -0.2) is 28.3 Å². The van der Waals surface area contributed by atoms with Gasteiger partial charge >= 0.3 is 0 Å². The molecule has 0 bridgehead atoms. The number of carbonyl (C=O) groups is 1. The van der Waals surface area contributed by atoms with Crippen LogP contribution in [0, 0.1) is 6.92 Å². The largest absolute Gasteiger partial charge is 0.495 e. The van der Waals surface area contributed by atoms with E-state index in [-0.39, 0.29) is 23.8 Å². The third-order valence-electron chi connectivity index (χ3n) is 4.74. The van der Waals surface area contributed by atoms with Gasteiger partial charge in [-0.1, -0.05) is 29.4 Å². The van der Waals surface area contributed by atoms with E-state index in [1.165, 1.54) is 4.57 Å². The molecule has 0 fully saturated rings. The lowest BCUT2D eigenvalue weighted by molar-refractivity contribution is -0.113. The van der Waals surface area contributed by atoms with Crippen molar-refractivity contribution in [1.82, 2.24) is 9.55 Å². The number of aryl methyl sites for hydroxylation is 1. The van der Waals surface area contributed by atoms with Gasteiger partial charge in [-0.25, -0.2) is 4.98 Å². The average molecular weight is 470 g/mol. The second-order valence-electron chi connectivity index (χ2n) is 7.07. The molecule has 7 nitrogen and oxygen atoms in total. The zero-order chi connectivity index (χ0) is 22.7. The fourth-order valence-electron chi connectivity index (χ4n) is 3.22. The lowest BCUT2D eigenvalue weighted by Crippen LogP contribution is -2.24. The first-order valence-electron chi connectivity index (χ1n) is 9.74. The van der Waals surface area contributed by atoms with E-state index in [0.717, 1.165) is 17.3 Å². The van der Waals surface area contributed by atoms with E-state index in [1.54, 1.807) is 49.8 Å². The number of benzene rings is 2. The first-order valence-corrected chi connectivity index (χ1v) is 11.1. The van der Waals surface area contributed by atoms with Gasteiger partial charge in [0.1, 0.15) is 11.5 Å². The summed E-state index contributed by atoms with van der Waals surface area (Å²) in [5.41, 5.74) is 1.83. The van der Waals surface area contributed by atoms with Crippen LogP contribution >= 0.6 is 23.4 Å². The summed E-state index contributed by atoms with van der Waals surface area (Å²) in [4.78, 5) is 30.4. The molecule has 2 aromatic carbocycles. The summed E-state index contributed by atoms with van der Waals surface area (Å²) in [7, 11) is 1.55. The summed E-state index contributed by atoms with van der Waals surface area (Å²) in [6.45, 7) is 2.13. The van der Waals surface area contributed by atoms with Crippen molar-refractivity contribution in [1.29, 1.82) is 0 Å². The van der Waals surface area contributed by atoms with Crippen molar-refractivity contribution in [3.05, 3.63) is 81.5 Å². The number of anilines is 1. The molecule has 164 valence electrons. The Morgan fingerprint density at radius 1 is 1.25 bits per heavy atom. The normalized spacial score (nSPS) is 11.0. The second kappa shape index (κ2) is 9.50. The van der Waals surface area contributed by atoms with Crippen LogP contribution in [0.15, 0.2) is 69.2 Å². The topological polar surface area (TPSA) is 86.4 Å². The molecule has 4 aromatic rings. The van der Waals surface area contributed by atoms with Gasteiger partial charge in [-0.15, -0.1) is 0 Å². The van der Waals surface area contributed by atoms with E-state index >= 15 is 0 Å². The van der Waals surface area contributed by atoms with Crippen molar-refractivity contribution >= 4 is 45.9 Å². The molecule has 4 rings (SSSR count). The number of furan rings is 1. The third-order valence-corrected chi connectivity index (χ3v) is 5.95. The van der Waals surface area contributed by atoms with E-state index in [1.807, 2.05) is 19.1 Å². The maximum Gasteiger partial charge on any atom is 0.262 e. The first-order chi connectivity index (χ1) is 15.4. The average Bonchev–Trinajstić information content (AvgIpc) is 3.28. The number of carbonyl (C=O) groups excluding carboxylic acids is 1. The molecule has 0 radical (unpaired) electrons.